The molecule has 3 nitrogen and oxygen atoms in total. The molecule has 0 aromatic rings. The van der Waals surface area contributed by atoms with E-state index in [-0.39, 0.29) is 11.5 Å². The van der Waals surface area contributed by atoms with Gasteiger partial charge in [-0.1, -0.05) is 19.9 Å². The first-order valence-electron chi connectivity index (χ1n) is 3.99. The van der Waals surface area contributed by atoms with Crippen molar-refractivity contribution >= 4 is 5.97 Å². The molecule has 0 bridgehead atoms. The molecule has 1 saturated heterocycles. The van der Waals surface area contributed by atoms with Gasteiger partial charge in [-0.05, 0) is 0 Å². The van der Waals surface area contributed by atoms with Crippen LogP contribution in [-0.2, 0) is 9.53 Å². The third-order valence-corrected chi connectivity index (χ3v) is 2.32. The van der Waals surface area contributed by atoms with Gasteiger partial charge in [0.25, 0.3) is 0 Å². The molecule has 0 radical (unpaired) electrons. The van der Waals surface area contributed by atoms with Crippen molar-refractivity contribution in [2.24, 2.45) is 5.41 Å². The summed E-state index contributed by atoms with van der Waals surface area (Å²) in [6, 6.07) is 0. The van der Waals surface area contributed by atoms with Crippen LogP contribution < -0.4 is 0 Å². The Kier molecular flexibility index (Phi) is 2.24. The van der Waals surface area contributed by atoms with Crippen molar-refractivity contribution in [1.29, 1.82) is 0 Å². The zero-order valence-electron chi connectivity index (χ0n) is 7.41. The second-order valence-corrected chi connectivity index (χ2v) is 3.70. The van der Waals surface area contributed by atoms with Gasteiger partial charge in [0, 0.05) is 11.8 Å². The van der Waals surface area contributed by atoms with E-state index >= 15 is 0 Å². The van der Waals surface area contributed by atoms with Crippen LogP contribution in [0.4, 0.5) is 0 Å². The van der Waals surface area contributed by atoms with Crippen LogP contribution in [0.3, 0.4) is 0 Å². The molecule has 0 saturated carbocycles. The summed E-state index contributed by atoms with van der Waals surface area (Å²) in [5.41, 5.74) is -0.257. The van der Waals surface area contributed by atoms with Gasteiger partial charge in [-0.3, -0.25) is 0 Å². The fraction of sp³-hybridized carbons (Fsp3) is 0.667. The highest BCUT2D eigenvalue weighted by Crippen LogP contribution is 2.32. The molecule has 0 spiro atoms. The number of hydrogen-bond donors (Lipinski definition) is 1. The van der Waals surface area contributed by atoms with Gasteiger partial charge in [-0.15, -0.1) is 6.58 Å². The molecule has 0 unspecified atom stereocenters. The van der Waals surface area contributed by atoms with Crippen molar-refractivity contribution in [3.63, 3.8) is 0 Å². The Morgan fingerprint density at radius 3 is 2.67 bits per heavy atom. The largest absolute Gasteiger partial charge is 0.459 e. The summed E-state index contributed by atoms with van der Waals surface area (Å²) >= 11 is 0. The average Bonchev–Trinajstić information content (AvgIpc) is 2.33. The van der Waals surface area contributed by atoms with E-state index in [2.05, 4.69) is 6.58 Å². The van der Waals surface area contributed by atoms with E-state index in [1.165, 1.54) is 0 Å². The molecule has 1 heterocycles. The van der Waals surface area contributed by atoms with Crippen LogP contribution in [-0.4, -0.2) is 23.3 Å². The molecule has 0 amide bonds. The van der Waals surface area contributed by atoms with E-state index in [4.69, 9.17) is 9.84 Å². The highest BCUT2D eigenvalue weighted by Gasteiger charge is 2.40. The zero-order chi connectivity index (χ0) is 9.35. The maximum absolute atomic E-state index is 10.8. The third-order valence-electron chi connectivity index (χ3n) is 2.32. The molecule has 2 atom stereocenters. The van der Waals surface area contributed by atoms with Gasteiger partial charge in [-0.2, -0.15) is 0 Å². The standard InChI is InChI=1S/C9H14O3/c1-4-9(2,3)7-5-6(10)8(11)12-7/h4,6-7,10H,1,5H2,2-3H3/t6-,7-/m0/s1. The minimum atomic E-state index is -0.950. The van der Waals surface area contributed by atoms with Crippen molar-refractivity contribution < 1.29 is 14.6 Å². The first kappa shape index (κ1) is 9.26. The molecular weight excluding hydrogens is 156 g/mol. The number of rotatable bonds is 2. The molecule has 1 aliphatic rings. The van der Waals surface area contributed by atoms with Crippen LogP contribution >= 0.6 is 0 Å². The summed E-state index contributed by atoms with van der Waals surface area (Å²) in [4.78, 5) is 10.8. The molecule has 1 fully saturated rings. The Morgan fingerprint density at radius 1 is 1.75 bits per heavy atom. The summed E-state index contributed by atoms with van der Waals surface area (Å²) in [6.45, 7) is 7.51. The van der Waals surface area contributed by atoms with Crippen molar-refractivity contribution in [1.82, 2.24) is 0 Å². The maximum atomic E-state index is 10.8. The van der Waals surface area contributed by atoms with Gasteiger partial charge in [0.1, 0.15) is 6.10 Å². The Labute approximate surface area is 72.0 Å². The molecule has 68 valence electrons. The fourth-order valence-corrected chi connectivity index (χ4v) is 1.15. The monoisotopic (exact) mass is 170 g/mol. The maximum Gasteiger partial charge on any atom is 0.335 e. The van der Waals surface area contributed by atoms with Crippen LogP contribution in [0.2, 0.25) is 0 Å². The van der Waals surface area contributed by atoms with Crippen LogP contribution in [0.1, 0.15) is 20.3 Å². The van der Waals surface area contributed by atoms with E-state index in [0.717, 1.165) is 0 Å². The van der Waals surface area contributed by atoms with Gasteiger partial charge < -0.3 is 9.84 Å². The second-order valence-electron chi connectivity index (χ2n) is 3.70. The van der Waals surface area contributed by atoms with Crippen molar-refractivity contribution in [2.45, 2.75) is 32.5 Å². The highest BCUT2D eigenvalue weighted by molar-refractivity contribution is 5.76. The van der Waals surface area contributed by atoms with E-state index in [0.29, 0.717) is 6.42 Å². The van der Waals surface area contributed by atoms with E-state index in [9.17, 15) is 4.79 Å². The number of ether oxygens (including phenoxy) is 1. The molecule has 0 aliphatic carbocycles. The van der Waals surface area contributed by atoms with Crippen molar-refractivity contribution in [2.75, 3.05) is 0 Å². The molecule has 1 aliphatic heterocycles. The van der Waals surface area contributed by atoms with Crippen molar-refractivity contribution in [3.05, 3.63) is 12.7 Å². The number of carbonyl (C=O) groups is 1. The lowest BCUT2D eigenvalue weighted by molar-refractivity contribution is -0.149. The summed E-state index contributed by atoms with van der Waals surface area (Å²) < 4.78 is 4.97. The lowest BCUT2D eigenvalue weighted by atomic mass is 9.85. The molecule has 3 heteroatoms. The topological polar surface area (TPSA) is 46.5 Å². The number of cyclic esters (lactones) is 1. The van der Waals surface area contributed by atoms with Gasteiger partial charge in [0.15, 0.2) is 6.10 Å². The normalized spacial score (nSPS) is 30.1. The van der Waals surface area contributed by atoms with E-state index in [1.807, 2.05) is 13.8 Å². The summed E-state index contributed by atoms with van der Waals surface area (Å²) in [5, 5.41) is 9.12. The van der Waals surface area contributed by atoms with Gasteiger partial charge >= 0.3 is 5.97 Å². The second kappa shape index (κ2) is 2.90. The number of aliphatic hydroxyl groups excluding tert-OH is 1. The molecule has 0 aromatic heterocycles. The van der Waals surface area contributed by atoms with Gasteiger partial charge in [-0.25, -0.2) is 4.79 Å². The van der Waals surface area contributed by atoms with Gasteiger partial charge in [0.05, 0.1) is 0 Å². The molecule has 0 aromatic carbocycles. The number of carbonyl (C=O) groups excluding carboxylic acids is 1. The average molecular weight is 170 g/mol. The number of aliphatic hydroxyl groups is 1. The SMILES string of the molecule is C=CC(C)(C)[C@@H]1C[C@H](O)C(=O)O1. The Hall–Kier alpha value is -0.830. The fourth-order valence-electron chi connectivity index (χ4n) is 1.15. The van der Waals surface area contributed by atoms with Crippen LogP contribution in [0, 0.1) is 5.41 Å². The smallest absolute Gasteiger partial charge is 0.335 e. The third kappa shape index (κ3) is 1.50. The lowest BCUT2D eigenvalue weighted by Crippen LogP contribution is -2.26. The minimum absolute atomic E-state index is 0.238. The molecular formula is C9H14O3. The van der Waals surface area contributed by atoms with Crippen LogP contribution in [0.15, 0.2) is 12.7 Å². The van der Waals surface area contributed by atoms with E-state index in [1.54, 1.807) is 6.08 Å². The van der Waals surface area contributed by atoms with Crippen LogP contribution in [0.25, 0.3) is 0 Å². The predicted molar refractivity (Wildman–Crippen MR) is 44.5 cm³/mol. The van der Waals surface area contributed by atoms with Crippen LogP contribution in [0.5, 0.6) is 0 Å². The number of hydrogen-bond acceptors (Lipinski definition) is 3. The first-order valence-corrected chi connectivity index (χ1v) is 3.99. The summed E-state index contributed by atoms with van der Waals surface area (Å²) in [6.07, 6.45) is 0.924. The Bertz CT molecular complexity index is 208. The molecule has 12 heavy (non-hydrogen) atoms. The first-order chi connectivity index (χ1) is 5.47. The zero-order valence-corrected chi connectivity index (χ0v) is 7.41. The lowest BCUT2D eigenvalue weighted by Gasteiger charge is -2.25. The Balaban J connectivity index is 2.69. The summed E-state index contributed by atoms with van der Waals surface area (Å²) in [7, 11) is 0. The Morgan fingerprint density at radius 2 is 2.33 bits per heavy atom. The quantitative estimate of drug-likeness (QED) is 0.494. The predicted octanol–water partition coefficient (Wildman–Crippen LogP) is 0.875. The number of esters is 1. The molecule has 1 rings (SSSR count). The van der Waals surface area contributed by atoms with E-state index < -0.39 is 12.1 Å². The minimum Gasteiger partial charge on any atom is -0.459 e. The highest BCUT2D eigenvalue weighted by atomic mass is 16.6. The van der Waals surface area contributed by atoms with Gasteiger partial charge in [0.2, 0.25) is 0 Å². The summed E-state index contributed by atoms with van der Waals surface area (Å²) in [5.74, 6) is -0.519. The molecule has 1 N–H and O–H groups in total. The van der Waals surface area contributed by atoms with Crippen molar-refractivity contribution in [3.8, 4) is 0 Å².